The number of amides is 1. The Kier molecular flexibility index (Phi) is 4.21. The summed E-state index contributed by atoms with van der Waals surface area (Å²) in [6, 6.07) is 1.57. The highest BCUT2D eigenvalue weighted by Gasteiger charge is 2.14. The molecule has 0 radical (unpaired) electrons. The number of fused-ring (bicyclic) bond motifs is 1. The lowest BCUT2D eigenvalue weighted by Crippen LogP contribution is -2.37. The summed E-state index contributed by atoms with van der Waals surface area (Å²) in [6.45, 7) is 2.00. The van der Waals surface area contributed by atoms with Crippen LogP contribution in [0.1, 0.15) is 26.2 Å². The number of carbonyl (C=O) groups excluding carboxylic acids is 1. The number of hydrogen-bond acceptors (Lipinski definition) is 4. The van der Waals surface area contributed by atoms with Gasteiger partial charge < -0.3 is 5.32 Å². The number of nitrogens with zero attached hydrogens (tertiary/aromatic N) is 3. The van der Waals surface area contributed by atoms with Crippen molar-refractivity contribution in [1.82, 2.24) is 14.1 Å². The Morgan fingerprint density at radius 2 is 2.00 bits per heavy atom. The molecule has 7 nitrogen and oxygen atoms in total. The molecule has 1 amide bonds. The number of rotatable bonds is 4. The first-order valence-corrected chi connectivity index (χ1v) is 6.82. The number of unbranched alkanes of at least 4 members (excludes halogenated alkanes) is 1. The molecule has 0 aliphatic rings. The van der Waals surface area contributed by atoms with Gasteiger partial charge >= 0.3 is 5.69 Å². The zero-order valence-electron chi connectivity index (χ0n) is 12.3. The third-order valence-corrected chi connectivity index (χ3v) is 3.37. The molecule has 2 rings (SSSR count). The summed E-state index contributed by atoms with van der Waals surface area (Å²) in [4.78, 5) is 40.1. The van der Waals surface area contributed by atoms with E-state index < -0.39 is 11.2 Å². The maximum atomic E-state index is 12.3. The Hall–Kier alpha value is -2.44. The van der Waals surface area contributed by atoms with Crippen LogP contribution in [0.15, 0.2) is 21.9 Å². The summed E-state index contributed by atoms with van der Waals surface area (Å²) in [5, 5.41) is 2.97. The molecule has 2 heterocycles. The molecule has 1 N–H and O–H groups in total. The lowest BCUT2D eigenvalue weighted by atomic mass is 10.2. The van der Waals surface area contributed by atoms with Crippen LogP contribution in [0, 0.1) is 0 Å². The molecule has 7 heteroatoms. The minimum atomic E-state index is -0.466. The van der Waals surface area contributed by atoms with Crippen LogP contribution in [0.2, 0.25) is 0 Å². The van der Waals surface area contributed by atoms with Gasteiger partial charge in [-0.05, 0) is 12.5 Å². The van der Waals surface area contributed by atoms with Crippen molar-refractivity contribution >= 4 is 22.6 Å². The van der Waals surface area contributed by atoms with Crippen molar-refractivity contribution in [3.05, 3.63) is 33.1 Å². The predicted molar refractivity (Wildman–Crippen MR) is 80.4 cm³/mol. The van der Waals surface area contributed by atoms with Crippen molar-refractivity contribution < 1.29 is 4.79 Å². The Bertz CT molecular complexity index is 804. The quantitative estimate of drug-likeness (QED) is 0.900. The molecule has 0 saturated heterocycles. The smallest absolute Gasteiger partial charge is 0.325 e. The standard InChI is InChI=1S/C14H18N4O3/c1-4-5-6-10(19)16-9-7-8-15-12-11(9)13(20)18(3)14(21)17(12)2/h7-8H,4-6H2,1-3H3,(H,15,16,19). The Morgan fingerprint density at radius 1 is 1.29 bits per heavy atom. The number of anilines is 1. The van der Waals surface area contributed by atoms with E-state index in [1.807, 2.05) is 6.92 Å². The Labute approximate surface area is 121 Å². The summed E-state index contributed by atoms with van der Waals surface area (Å²) in [5.41, 5.74) is -0.268. The topological polar surface area (TPSA) is 86.0 Å². The molecule has 0 unspecified atom stereocenters. The molecular formula is C14H18N4O3. The van der Waals surface area contributed by atoms with Crippen LogP contribution in [-0.4, -0.2) is 20.0 Å². The van der Waals surface area contributed by atoms with Crippen LogP contribution >= 0.6 is 0 Å². The van der Waals surface area contributed by atoms with E-state index >= 15 is 0 Å². The average Bonchev–Trinajstić information content (AvgIpc) is 2.48. The van der Waals surface area contributed by atoms with E-state index in [1.54, 1.807) is 13.1 Å². The molecular weight excluding hydrogens is 272 g/mol. The fourth-order valence-corrected chi connectivity index (χ4v) is 2.14. The van der Waals surface area contributed by atoms with Gasteiger partial charge in [-0.2, -0.15) is 0 Å². The van der Waals surface area contributed by atoms with Crippen molar-refractivity contribution in [2.24, 2.45) is 14.1 Å². The zero-order chi connectivity index (χ0) is 15.6. The first kappa shape index (κ1) is 15.0. The second-order valence-corrected chi connectivity index (χ2v) is 4.91. The lowest BCUT2D eigenvalue weighted by Gasteiger charge is -2.11. The van der Waals surface area contributed by atoms with Gasteiger partial charge in [0.05, 0.1) is 5.69 Å². The maximum absolute atomic E-state index is 12.3. The average molecular weight is 290 g/mol. The fraction of sp³-hybridized carbons (Fsp3) is 0.429. The van der Waals surface area contributed by atoms with Gasteiger partial charge in [0, 0.05) is 26.7 Å². The van der Waals surface area contributed by atoms with Crippen molar-refractivity contribution in [3.8, 4) is 0 Å². The van der Waals surface area contributed by atoms with Crippen LogP contribution in [0.5, 0.6) is 0 Å². The van der Waals surface area contributed by atoms with Gasteiger partial charge in [0.25, 0.3) is 5.56 Å². The SMILES string of the molecule is CCCCC(=O)Nc1ccnc2c1c(=O)n(C)c(=O)n2C. The molecule has 0 bridgehead atoms. The van der Waals surface area contributed by atoms with Gasteiger partial charge in [-0.15, -0.1) is 0 Å². The number of nitrogens with one attached hydrogen (secondary N) is 1. The van der Waals surface area contributed by atoms with Gasteiger partial charge in [0.1, 0.15) is 5.39 Å². The van der Waals surface area contributed by atoms with Crippen LogP contribution in [0.4, 0.5) is 5.69 Å². The van der Waals surface area contributed by atoms with Gasteiger partial charge in [-0.3, -0.25) is 18.7 Å². The minimum Gasteiger partial charge on any atom is -0.325 e. The molecule has 0 spiro atoms. The van der Waals surface area contributed by atoms with E-state index in [1.165, 1.54) is 17.8 Å². The molecule has 112 valence electrons. The summed E-state index contributed by atoms with van der Waals surface area (Å²) in [5.74, 6) is -0.153. The third kappa shape index (κ3) is 2.72. The number of carbonyl (C=O) groups is 1. The second kappa shape index (κ2) is 5.90. The molecule has 0 aliphatic carbocycles. The highest BCUT2D eigenvalue weighted by molar-refractivity contribution is 5.99. The molecule has 2 aromatic rings. The summed E-state index contributed by atoms with van der Waals surface area (Å²) < 4.78 is 2.30. The predicted octanol–water partition coefficient (Wildman–Crippen LogP) is 0.761. The van der Waals surface area contributed by atoms with E-state index in [0.717, 1.165) is 17.4 Å². The van der Waals surface area contributed by atoms with Gasteiger partial charge in [-0.25, -0.2) is 9.78 Å². The normalized spacial score (nSPS) is 10.8. The molecule has 0 saturated carbocycles. The van der Waals surface area contributed by atoms with Crippen molar-refractivity contribution in [3.63, 3.8) is 0 Å². The Balaban J connectivity index is 2.59. The van der Waals surface area contributed by atoms with E-state index in [4.69, 9.17) is 0 Å². The van der Waals surface area contributed by atoms with Gasteiger partial charge in [0.2, 0.25) is 5.91 Å². The monoisotopic (exact) mass is 290 g/mol. The summed E-state index contributed by atoms with van der Waals surface area (Å²) in [6.07, 6.45) is 3.56. The minimum absolute atomic E-state index is 0.153. The molecule has 0 atom stereocenters. The Morgan fingerprint density at radius 3 is 2.67 bits per heavy atom. The largest absolute Gasteiger partial charge is 0.332 e. The number of aromatic nitrogens is 3. The molecule has 0 fully saturated rings. The van der Waals surface area contributed by atoms with E-state index in [-0.39, 0.29) is 16.9 Å². The van der Waals surface area contributed by atoms with Crippen molar-refractivity contribution in [2.75, 3.05) is 5.32 Å². The molecule has 0 aromatic carbocycles. The number of hydrogen-bond donors (Lipinski definition) is 1. The third-order valence-electron chi connectivity index (χ3n) is 3.37. The summed E-state index contributed by atoms with van der Waals surface area (Å²) in [7, 11) is 2.94. The highest BCUT2D eigenvalue weighted by Crippen LogP contribution is 2.16. The van der Waals surface area contributed by atoms with Crippen LogP contribution < -0.4 is 16.6 Å². The first-order chi connectivity index (χ1) is 9.97. The fourth-order valence-electron chi connectivity index (χ4n) is 2.14. The lowest BCUT2D eigenvalue weighted by molar-refractivity contribution is -0.116. The van der Waals surface area contributed by atoms with E-state index in [0.29, 0.717) is 12.1 Å². The zero-order valence-corrected chi connectivity index (χ0v) is 12.3. The molecule has 0 aliphatic heterocycles. The first-order valence-electron chi connectivity index (χ1n) is 6.82. The number of pyridine rings is 1. The molecule has 21 heavy (non-hydrogen) atoms. The van der Waals surface area contributed by atoms with Crippen LogP contribution in [0.3, 0.4) is 0 Å². The molecule has 2 aromatic heterocycles. The number of aryl methyl sites for hydroxylation is 1. The van der Waals surface area contributed by atoms with E-state index in [2.05, 4.69) is 10.3 Å². The summed E-state index contributed by atoms with van der Waals surface area (Å²) >= 11 is 0. The van der Waals surface area contributed by atoms with E-state index in [9.17, 15) is 14.4 Å². The van der Waals surface area contributed by atoms with Crippen molar-refractivity contribution in [1.29, 1.82) is 0 Å². The maximum Gasteiger partial charge on any atom is 0.332 e. The highest BCUT2D eigenvalue weighted by atomic mass is 16.2. The van der Waals surface area contributed by atoms with Crippen LogP contribution in [-0.2, 0) is 18.9 Å². The van der Waals surface area contributed by atoms with Gasteiger partial charge in [0.15, 0.2) is 5.65 Å². The van der Waals surface area contributed by atoms with Crippen LogP contribution in [0.25, 0.3) is 11.0 Å². The van der Waals surface area contributed by atoms with Crippen molar-refractivity contribution in [2.45, 2.75) is 26.2 Å². The second-order valence-electron chi connectivity index (χ2n) is 4.91. The van der Waals surface area contributed by atoms with Gasteiger partial charge in [-0.1, -0.05) is 13.3 Å².